The molecular weight excluding hydrogens is 616 g/mol. The molecule has 0 amide bonds. The van der Waals surface area contributed by atoms with E-state index in [0.29, 0.717) is 54.2 Å². The van der Waals surface area contributed by atoms with E-state index in [0.717, 1.165) is 46.2 Å². The van der Waals surface area contributed by atoms with Gasteiger partial charge in [0.1, 0.15) is 17.2 Å². The lowest BCUT2D eigenvalue weighted by Gasteiger charge is -2.24. The van der Waals surface area contributed by atoms with Crippen LogP contribution in [0.3, 0.4) is 0 Å². The molecule has 6 rings (SSSR count). The zero-order valence-electron chi connectivity index (χ0n) is 28.1. The molecular formula is C42H44O7. The molecule has 1 fully saturated rings. The maximum atomic E-state index is 11.8. The molecule has 1 aliphatic carbocycles. The Labute approximate surface area is 287 Å². The summed E-state index contributed by atoms with van der Waals surface area (Å²) in [5, 5.41) is 53.3. The van der Waals surface area contributed by atoms with E-state index in [2.05, 4.69) is 12.1 Å². The van der Waals surface area contributed by atoms with Gasteiger partial charge in [0.2, 0.25) is 0 Å². The molecule has 5 aromatic carbocycles. The predicted molar refractivity (Wildman–Crippen MR) is 191 cm³/mol. The molecule has 0 spiro atoms. The number of ether oxygens (including phenoxy) is 2. The Bertz CT molecular complexity index is 1780. The van der Waals surface area contributed by atoms with Crippen molar-refractivity contribution in [2.24, 2.45) is 0 Å². The predicted octanol–water partition coefficient (Wildman–Crippen LogP) is 8.64. The van der Waals surface area contributed by atoms with Crippen LogP contribution >= 0.6 is 0 Å². The quantitative estimate of drug-likeness (QED) is 0.0962. The fourth-order valence-electron chi connectivity index (χ4n) is 7.08. The molecule has 1 aliphatic rings. The van der Waals surface area contributed by atoms with E-state index in [1.807, 2.05) is 48.5 Å². The van der Waals surface area contributed by atoms with Crippen LogP contribution in [0.25, 0.3) is 0 Å². The van der Waals surface area contributed by atoms with Gasteiger partial charge in [-0.05, 0) is 94.1 Å². The topological polar surface area (TPSA) is 120 Å². The fraction of sp³-hybridized carbons (Fsp3) is 0.286. The van der Waals surface area contributed by atoms with Crippen LogP contribution in [-0.4, -0.2) is 39.8 Å². The number of phenolic OH excluding ortho intramolecular Hbond substituents is 5. The van der Waals surface area contributed by atoms with Gasteiger partial charge < -0.3 is 35.0 Å². The first-order chi connectivity index (χ1) is 23.7. The summed E-state index contributed by atoms with van der Waals surface area (Å²) in [6, 6.07) is 25.7. The highest BCUT2D eigenvalue weighted by atomic mass is 16.5. The Morgan fingerprint density at radius 2 is 0.857 bits per heavy atom. The highest BCUT2D eigenvalue weighted by molar-refractivity contribution is 5.56. The van der Waals surface area contributed by atoms with Crippen LogP contribution in [0.15, 0.2) is 84.9 Å². The largest absolute Gasteiger partial charge is 0.508 e. The summed E-state index contributed by atoms with van der Waals surface area (Å²) in [6.45, 7) is 0. The molecule has 0 unspecified atom stereocenters. The summed E-state index contributed by atoms with van der Waals surface area (Å²) in [6.07, 6.45) is 7.59. The molecule has 0 radical (unpaired) electrons. The van der Waals surface area contributed by atoms with Gasteiger partial charge in [-0.25, -0.2) is 0 Å². The number of hydrogen-bond donors (Lipinski definition) is 5. The lowest BCUT2D eigenvalue weighted by molar-refractivity contribution is 0.370. The Kier molecular flexibility index (Phi) is 10.2. The van der Waals surface area contributed by atoms with Crippen molar-refractivity contribution in [3.63, 3.8) is 0 Å². The maximum absolute atomic E-state index is 11.8. The van der Waals surface area contributed by atoms with Gasteiger partial charge in [-0.1, -0.05) is 67.8 Å². The fourth-order valence-corrected chi connectivity index (χ4v) is 7.08. The van der Waals surface area contributed by atoms with E-state index in [9.17, 15) is 25.5 Å². The second kappa shape index (κ2) is 14.9. The minimum absolute atomic E-state index is 0.0737. The Morgan fingerprint density at radius 3 is 1.27 bits per heavy atom. The van der Waals surface area contributed by atoms with Crippen molar-refractivity contribution in [2.45, 2.75) is 63.7 Å². The third-order valence-corrected chi connectivity index (χ3v) is 9.68. The van der Waals surface area contributed by atoms with Crippen molar-refractivity contribution in [1.29, 1.82) is 0 Å². The molecule has 7 nitrogen and oxygen atoms in total. The Balaban J connectivity index is 1.37. The van der Waals surface area contributed by atoms with Gasteiger partial charge in [-0.3, -0.25) is 0 Å². The van der Waals surface area contributed by atoms with E-state index in [-0.39, 0.29) is 28.7 Å². The first-order valence-electron chi connectivity index (χ1n) is 16.9. The van der Waals surface area contributed by atoms with Gasteiger partial charge in [-0.2, -0.15) is 0 Å². The summed E-state index contributed by atoms with van der Waals surface area (Å²) in [5.41, 5.74) is 7.87. The van der Waals surface area contributed by atoms with Gasteiger partial charge in [0.15, 0.2) is 23.0 Å². The third kappa shape index (κ3) is 7.89. The molecule has 5 aromatic rings. The third-order valence-electron chi connectivity index (χ3n) is 9.68. The molecule has 5 N–H and O–H groups in total. The number of aromatic hydroxyl groups is 5. The van der Waals surface area contributed by atoms with Gasteiger partial charge in [-0.15, -0.1) is 0 Å². The normalized spacial score (nSPS) is 13.3. The molecule has 0 aromatic heterocycles. The van der Waals surface area contributed by atoms with Gasteiger partial charge in [0, 0.05) is 36.8 Å². The molecule has 49 heavy (non-hydrogen) atoms. The average Bonchev–Trinajstić information content (AvgIpc) is 3.11. The molecule has 0 bridgehead atoms. The van der Waals surface area contributed by atoms with Crippen molar-refractivity contribution >= 4 is 0 Å². The first kappa shape index (κ1) is 33.6. The molecule has 254 valence electrons. The molecule has 7 heteroatoms. The maximum Gasteiger partial charge on any atom is 0.161 e. The van der Waals surface area contributed by atoms with Crippen LogP contribution in [0.4, 0.5) is 0 Å². The van der Waals surface area contributed by atoms with Crippen LogP contribution in [0.2, 0.25) is 0 Å². The van der Waals surface area contributed by atoms with E-state index in [4.69, 9.17) is 9.47 Å². The van der Waals surface area contributed by atoms with Crippen molar-refractivity contribution in [2.75, 3.05) is 14.2 Å². The molecule has 0 atom stereocenters. The van der Waals surface area contributed by atoms with Crippen LogP contribution in [-0.2, 0) is 25.7 Å². The summed E-state index contributed by atoms with van der Waals surface area (Å²) < 4.78 is 11.1. The smallest absolute Gasteiger partial charge is 0.161 e. The van der Waals surface area contributed by atoms with E-state index < -0.39 is 0 Å². The van der Waals surface area contributed by atoms with Gasteiger partial charge in [0.25, 0.3) is 0 Å². The van der Waals surface area contributed by atoms with Crippen molar-refractivity contribution in [3.05, 3.63) is 135 Å². The summed E-state index contributed by atoms with van der Waals surface area (Å²) >= 11 is 0. The number of hydrogen-bond acceptors (Lipinski definition) is 7. The van der Waals surface area contributed by atoms with Crippen LogP contribution < -0.4 is 9.47 Å². The summed E-state index contributed by atoms with van der Waals surface area (Å²) in [7, 11) is 3.06. The van der Waals surface area contributed by atoms with Crippen molar-refractivity contribution < 1.29 is 35.0 Å². The van der Waals surface area contributed by atoms with Crippen molar-refractivity contribution in [3.8, 4) is 40.2 Å². The number of benzene rings is 5. The highest BCUT2D eigenvalue weighted by Crippen LogP contribution is 2.41. The molecule has 1 saturated carbocycles. The van der Waals surface area contributed by atoms with Crippen LogP contribution in [0, 0.1) is 0 Å². The molecule has 0 aliphatic heterocycles. The number of rotatable bonds is 11. The number of methoxy groups -OCH3 is 2. The van der Waals surface area contributed by atoms with Gasteiger partial charge in [0.05, 0.1) is 14.2 Å². The van der Waals surface area contributed by atoms with Crippen LogP contribution in [0.1, 0.15) is 88.1 Å². The molecule has 0 heterocycles. The molecule has 0 saturated heterocycles. The standard InChI is InChI=1S/C42H44O7/c1-48-38-22-28(18-32(41(38)46)16-26-8-12-36(43)13-9-26)20-34-24-31(30-6-4-3-5-7-30)25-35(40(34)45)21-29-19-33(42(47)39(23-29)49-2)17-27-10-14-37(44)15-11-27/h8-15,18-19,22-25,30,43-47H,3-7,16-17,20-21H2,1-2H3. The lowest BCUT2D eigenvalue weighted by Crippen LogP contribution is -2.07. The van der Waals surface area contributed by atoms with Crippen LogP contribution in [0.5, 0.6) is 40.2 Å². The van der Waals surface area contributed by atoms with E-state index in [1.165, 1.54) is 39.0 Å². The Hall–Kier alpha value is -5.30. The monoisotopic (exact) mass is 660 g/mol. The average molecular weight is 661 g/mol. The van der Waals surface area contributed by atoms with Gasteiger partial charge >= 0.3 is 0 Å². The van der Waals surface area contributed by atoms with E-state index in [1.54, 1.807) is 24.3 Å². The zero-order valence-corrected chi connectivity index (χ0v) is 28.1. The summed E-state index contributed by atoms with van der Waals surface area (Å²) in [5.74, 6) is 1.88. The minimum Gasteiger partial charge on any atom is -0.508 e. The van der Waals surface area contributed by atoms with Crippen molar-refractivity contribution in [1.82, 2.24) is 0 Å². The van der Waals surface area contributed by atoms with E-state index >= 15 is 0 Å². The minimum atomic E-state index is 0.0737. The Morgan fingerprint density at radius 1 is 0.469 bits per heavy atom. The SMILES string of the molecule is COc1cc(Cc2cc(C3CCCCC3)cc(Cc3cc(Cc4ccc(O)cc4)c(O)c(OC)c3)c2O)cc(Cc2ccc(O)cc2)c1O. The second-order valence-corrected chi connectivity index (χ2v) is 13.2. The summed E-state index contributed by atoms with van der Waals surface area (Å²) in [4.78, 5) is 0. The first-order valence-corrected chi connectivity index (χ1v) is 16.9. The highest BCUT2D eigenvalue weighted by Gasteiger charge is 2.22. The lowest BCUT2D eigenvalue weighted by atomic mass is 9.81. The number of phenols is 5. The second-order valence-electron chi connectivity index (χ2n) is 13.2. The zero-order chi connectivity index (χ0) is 34.5.